The number of piperidine rings is 1. The molecule has 1 saturated carbocycles. The molecule has 5 rings (SSSR count). The van der Waals surface area contributed by atoms with Gasteiger partial charge in [-0.2, -0.15) is 0 Å². The molecule has 1 atom stereocenters. The Hall–Kier alpha value is -3.17. The Morgan fingerprint density at radius 2 is 1.70 bits per heavy atom. The number of carboxylic acids is 1. The second-order valence-electron chi connectivity index (χ2n) is 11.4. The minimum Gasteiger partial charge on any atom is -0.481 e. The van der Waals surface area contributed by atoms with Crippen molar-refractivity contribution >= 4 is 32.8 Å². The molecule has 2 aliphatic rings. The number of aryl methyl sites for hydroxylation is 2. The molecule has 214 valence electrons. The summed E-state index contributed by atoms with van der Waals surface area (Å²) in [6, 6.07) is 15.2. The van der Waals surface area contributed by atoms with E-state index in [1.54, 1.807) is 12.1 Å². The first-order valence-electron chi connectivity index (χ1n) is 14.4. The second kappa shape index (κ2) is 11.7. The van der Waals surface area contributed by atoms with Crippen LogP contribution in [0.4, 0.5) is 0 Å². The Kier molecular flexibility index (Phi) is 8.33. The van der Waals surface area contributed by atoms with Gasteiger partial charge in [0.25, 0.3) is 0 Å². The first-order chi connectivity index (χ1) is 19.1. The fourth-order valence-corrected chi connectivity index (χ4v) is 7.58. The van der Waals surface area contributed by atoms with Gasteiger partial charge in [-0.25, -0.2) is 13.1 Å². The number of amides is 1. The van der Waals surface area contributed by atoms with E-state index in [4.69, 9.17) is 5.11 Å². The van der Waals surface area contributed by atoms with E-state index in [2.05, 4.69) is 11.6 Å². The predicted molar refractivity (Wildman–Crippen MR) is 155 cm³/mol. The van der Waals surface area contributed by atoms with Gasteiger partial charge in [-0.15, -0.1) is 0 Å². The lowest BCUT2D eigenvalue weighted by molar-refractivity contribution is -0.140. The zero-order chi connectivity index (χ0) is 28.4. The number of hydrogen-bond acceptors (Lipinski definition) is 4. The van der Waals surface area contributed by atoms with Gasteiger partial charge in [0, 0.05) is 54.6 Å². The van der Waals surface area contributed by atoms with E-state index in [1.165, 1.54) is 6.42 Å². The van der Waals surface area contributed by atoms with E-state index in [9.17, 15) is 18.0 Å². The summed E-state index contributed by atoms with van der Waals surface area (Å²) in [5.74, 6) is -0.581. The molecule has 8 nitrogen and oxygen atoms in total. The van der Waals surface area contributed by atoms with Crippen molar-refractivity contribution in [3.05, 3.63) is 54.1 Å². The lowest BCUT2D eigenvalue weighted by Crippen LogP contribution is -2.47. The summed E-state index contributed by atoms with van der Waals surface area (Å²) >= 11 is 0. The maximum atomic E-state index is 13.3. The van der Waals surface area contributed by atoms with E-state index in [0.29, 0.717) is 38.1 Å². The van der Waals surface area contributed by atoms with Gasteiger partial charge in [0.05, 0.1) is 4.90 Å². The lowest BCUT2D eigenvalue weighted by Gasteiger charge is -2.38. The highest BCUT2D eigenvalue weighted by Crippen LogP contribution is 2.32. The van der Waals surface area contributed by atoms with Crippen molar-refractivity contribution in [1.29, 1.82) is 0 Å². The Balaban J connectivity index is 1.25. The monoisotopic (exact) mass is 565 g/mol. The third kappa shape index (κ3) is 6.10. The van der Waals surface area contributed by atoms with Crippen molar-refractivity contribution in [1.82, 2.24) is 14.2 Å². The zero-order valence-electron chi connectivity index (χ0n) is 23.3. The Bertz CT molecular complexity index is 1490. The number of rotatable bonds is 8. The zero-order valence-corrected chi connectivity index (χ0v) is 24.1. The van der Waals surface area contributed by atoms with Crippen LogP contribution in [0.1, 0.15) is 63.9 Å². The van der Waals surface area contributed by atoms with E-state index in [0.717, 1.165) is 47.1 Å². The highest BCUT2D eigenvalue weighted by Gasteiger charge is 2.33. The standard InChI is InChI=1S/C31H39N3O5S/c1-21-5-3-4-18-34(21)31(37)24-11-14-26(15-12-24)32-40(38,39)27-16-13-25-19-28(33(2)29(25)20-27)23-9-6-22(7-10-23)8-17-30(35)36/h6-7,9-10,13,16,19-21,24,26,32H,3-5,8,11-12,14-15,17-18H2,1-2H3,(H,35,36)/t21-,24?,26?/m0/s1. The summed E-state index contributed by atoms with van der Waals surface area (Å²) in [6.45, 7) is 2.97. The van der Waals surface area contributed by atoms with Gasteiger partial charge < -0.3 is 14.6 Å². The fourth-order valence-electron chi connectivity index (χ4n) is 6.25. The largest absolute Gasteiger partial charge is 0.481 e. The molecule has 2 N–H and O–H groups in total. The minimum atomic E-state index is -3.72. The summed E-state index contributed by atoms with van der Waals surface area (Å²) in [7, 11) is -1.80. The molecule has 9 heteroatoms. The summed E-state index contributed by atoms with van der Waals surface area (Å²) in [6.07, 6.45) is 6.64. The molecule has 2 fully saturated rings. The van der Waals surface area contributed by atoms with E-state index in [1.807, 2.05) is 52.9 Å². The summed E-state index contributed by atoms with van der Waals surface area (Å²) in [5, 5.41) is 9.86. The van der Waals surface area contributed by atoms with Crippen molar-refractivity contribution in [2.24, 2.45) is 13.0 Å². The van der Waals surface area contributed by atoms with Crippen LogP contribution in [0.5, 0.6) is 0 Å². The quantitative estimate of drug-likeness (QED) is 0.395. The number of fused-ring (bicyclic) bond motifs is 1. The number of benzene rings is 2. The van der Waals surface area contributed by atoms with Crippen molar-refractivity contribution in [3.8, 4) is 11.3 Å². The van der Waals surface area contributed by atoms with Crippen LogP contribution in [0.3, 0.4) is 0 Å². The number of aromatic nitrogens is 1. The van der Waals surface area contributed by atoms with Gasteiger partial charge in [0.1, 0.15) is 0 Å². The third-order valence-electron chi connectivity index (χ3n) is 8.69. The number of likely N-dealkylation sites (tertiary alicyclic amines) is 1. The molecule has 3 aromatic rings. The summed E-state index contributed by atoms with van der Waals surface area (Å²) < 4.78 is 31.6. The normalized spacial score (nSPS) is 21.9. The Morgan fingerprint density at radius 1 is 0.975 bits per heavy atom. The van der Waals surface area contributed by atoms with Crippen LogP contribution in [-0.2, 0) is 33.1 Å². The van der Waals surface area contributed by atoms with Gasteiger partial charge in [0.2, 0.25) is 15.9 Å². The SMILES string of the molecule is C[C@H]1CCCCN1C(=O)C1CCC(NS(=O)(=O)c2ccc3cc(-c4ccc(CCC(=O)O)cc4)n(C)c3c2)CC1. The lowest BCUT2D eigenvalue weighted by atomic mass is 9.85. The molecule has 1 saturated heterocycles. The van der Waals surface area contributed by atoms with Crippen LogP contribution < -0.4 is 4.72 Å². The molecule has 1 aliphatic carbocycles. The van der Waals surface area contributed by atoms with E-state index >= 15 is 0 Å². The van der Waals surface area contributed by atoms with Crippen LogP contribution in [-0.4, -0.2) is 53.5 Å². The minimum absolute atomic E-state index is 0.00863. The van der Waals surface area contributed by atoms with Gasteiger partial charge in [-0.1, -0.05) is 30.3 Å². The summed E-state index contributed by atoms with van der Waals surface area (Å²) in [5.41, 5.74) is 3.71. The first-order valence-corrected chi connectivity index (χ1v) is 15.8. The maximum Gasteiger partial charge on any atom is 0.303 e. The van der Waals surface area contributed by atoms with Gasteiger partial charge in [-0.05, 0) is 87.6 Å². The van der Waals surface area contributed by atoms with Crippen molar-refractivity contribution in [2.45, 2.75) is 81.7 Å². The number of carboxylic acid groups (broad SMARTS) is 1. The molecule has 1 aromatic heterocycles. The molecule has 0 unspecified atom stereocenters. The molecule has 2 heterocycles. The average molecular weight is 566 g/mol. The maximum absolute atomic E-state index is 13.3. The van der Waals surface area contributed by atoms with Crippen LogP contribution in [0.15, 0.2) is 53.4 Å². The van der Waals surface area contributed by atoms with Crippen molar-refractivity contribution < 1.29 is 23.1 Å². The fraction of sp³-hybridized carbons (Fsp3) is 0.484. The third-order valence-corrected chi connectivity index (χ3v) is 10.2. The van der Waals surface area contributed by atoms with Crippen LogP contribution in [0.25, 0.3) is 22.2 Å². The average Bonchev–Trinajstić information content (AvgIpc) is 3.28. The molecule has 2 aromatic carbocycles. The topological polar surface area (TPSA) is 109 Å². The second-order valence-corrected chi connectivity index (χ2v) is 13.2. The Morgan fingerprint density at radius 3 is 2.38 bits per heavy atom. The Labute approximate surface area is 236 Å². The molecule has 1 aliphatic heterocycles. The van der Waals surface area contributed by atoms with Gasteiger partial charge in [-0.3, -0.25) is 9.59 Å². The van der Waals surface area contributed by atoms with E-state index < -0.39 is 16.0 Å². The number of carbonyl (C=O) groups is 2. The molecule has 1 amide bonds. The van der Waals surface area contributed by atoms with Gasteiger partial charge in [0.15, 0.2) is 0 Å². The van der Waals surface area contributed by atoms with Crippen molar-refractivity contribution in [2.75, 3.05) is 6.54 Å². The van der Waals surface area contributed by atoms with Crippen LogP contribution in [0.2, 0.25) is 0 Å². The highest BCUT2D eigenvalue weighted by molar-refractivity contribution is 7.89. The molecule has 0 bridgehead atoms. The summed E-state index contributed by atoms with van der Waals surface area (Å²) in [4.78, 5) is 26.2. The van der Waals surface area contributed by atoms with Crippen LogP contribution in [0, 0.1) is 5.92 Å². The number of carbonyl (C=O) groups excluding carboxylic acids is 1. The number of nitrogens with zero attached hydrogens (tertiary/aromatic N) is 2. The smallest absolute Gasteiger partial charge is 0.303 e. The number of nitrogens with one attached hydrogen (secondary N) is 1. The molecule has 0 radical (unpaired) electrons. The predicted octanol–water partition coefficient (Wildman–Crippen LogP) is 5.10. The van der Waals surface area contributed by atoms with Gasteiger partial charge >= 0.3 is 5.97 Å². The number of sulfonamides is 1. The molecule has 0 spiro atoms. The van der Waals surface area contributed by atoms with Crippen molar-refractivity contribution in [3.63, 3.8) is 0 Å². The molecule has 40 heavy (non-hydrogen) atoms. The highest BCUT2D eigenvalue weighted by atomic mass is 32.2. The molecular formula is C31H39N3O5S. The van der Waals surface area contributed by atoms with E-state index in [-0.39, 0.29) is 29.2 Å². The molecular weight excluding hydrogens is 526 g/mol. The first kappa shape index (κ1) is 28.4. The van der Waals surface area contributed by atoms with Crippen LogP contribution >= 0.6 is 0 Å². The number of hydrogen-bond donors (Lipinski definition) is 2. The number of aliphatic carboxylic acids is 1.